The van der Waals surface area contributed by atoms with Gasteiger partial charge in [-0.3, -0.25) is 4.79 Å². The van der Waals surface area contributed by atoms with Crippen molar-refractivity contribution in [3.63, 3.8) is 0 Å². The summed E-state index contributed by atoms with van der Waals surface area (Å²) >= 11 is 0. The number of pyridine rings is 1. The van der Waals surface area contributed by atoms with Crippen molar-refractivity contribution < 1.29 is 9.84 Å². The van der Waals surface area contributed by atoms with E-state index < -0.39 is 0 Å². The summed E-state index contributed by atoms with van der Waals surface area (Å²) in [5, 5.41) is 10.8. The number of ether oxygens (including phenoxy) is 1. The van der Waals surface area contributed by atoms with Gasteiger partial charge in [-0.05, 0) is 24.6 Å². The van der Waals surface area contributed by atoms with Gasteiger partial charge >= 0.3 is 0 Å². The lowest BCUT2D eigenvalue weighted by molar-refractivity contribution is 0.330. The molecular formula is C16H20N2O3. The highest BCUT2D eigenvalue weighted by molar-refractivity contribution is 5.89. The van der Waals surface area contributed by atoms with Crippen molar-refractivity contribution in [3.8, 4) is 11.5 Å². The summed E-state index contributed by atoms with van der Waals surface area (Å²) in [4.78, 5) is 12.5. The highest BCUT2D eigenvalue weighted by Gasteiger charge is 2.17. The molecule has 5 heteroatoms. The SMILES string of the molecule is C=CCOc1c(O)c2ccc(N)cc2n(CCCC)c1=O. The van der Waals surface area contributed by atoms with Gasteiger partial charge in [0, 0.05) is 17.6 Å². The number of nitrogens with zero attached hydrogens (tertiary/aromatic N) is 1. The van der Waals surface area contributed by atoms with Crippen molar-refractivity contribution in [1.29, 1.82) is 0 Å². The van der Waals surface area contributed by atoms with E-state index in [1.165, 1.54) is 6.08 Å². The molecule has 0 atom stereocenters. The summed E-state index contributed by atoms with van der Waals surface area (Å²) < 4.78 is 6.95. The van der Waals surface area contributed by atoms with Gasteiger partial charge < -0.3 is 20.1 Å². The molecule has 3 N–H and O–H groups in total. The Kier molecular flexibility index (Phi) is 4.52. The molecule has 21 heavy (non-hydrogen) atoms. The number of anilines is 1. The fourth-order valence-corrected chi connectivity index (χ4v) is 2.24. The highest BCUT2D eigenvalue weighted by atomic mass is 16.5. The molecule has 0 amide bonds. The first-order valence-electron chi connectivity index (χ1n) is 6.98. The average Bonchev–Trinajstić information content (AvgIpc) is 2.47. The average molecular weight is 288 g/mol. The number of hydrogen-bond acceptors (Lipinski definition) is 4. The number of rotatable bonds is 6. The molecule has 0 aliphatic rings. The quantitative estimate of drug-likeness (QED) is 0.633. The zero-order chi connectivity index (χ0) is 15.4. The van der Waals surface area contributed by atoms with Crippen LogP contribution in [-0.4, -0.2) is 16.3 Å². The maximum atomic E-state index is 12.5. The molecule has 112 valence electrons. The summed E-state index contributed by atoms with van der Waals surface area (Å²) in [6.45, 7) is 6.32. The van der Waals surface area contributed by atoms with Crippen molar-refractivity contribution >= 4 is 16.6 Å². The first kappa shape index (κ1) is 15.0. The molecule has 0 unspecified atom stereocenters. The number of aromatic nitrogens is 1. The second kappa shape index (κ2) is 6.35. The van der Waals surface area contributed by atoms with Crippen molar-refractivity contribution in [2.24, 2.45) is 0 Å². The van der Waals surface area contributed by atoms with Crippen LogP contribution < -0.4 is 16.0 Å². The third-order valence-corrected chi connectivity index (χ3v) is 3.30. The minimum Gasteiger partial charge on any atom is -0.504 e. The molecule has 0 aliphatic heterocycles. The maximum absolute atomic E-state index is 12.5. The summed E-state index contributed by atoms with van der Waals surface area (Å²) in [5.74, 6) is -0.187. The van der Waals surface area contributed by atoms with Crippen LogP contribution in [0.4, 0.5) is 5.69 Å². The molecule has 0 fully saturated rings. The minimum absolute atomic E-state index is 0.0386. The molecule has 0 bridgehead atoms. The van der Waals surface area contributed by atoms with Crippen LogP contribution >= 0.6 is 0 Å². The van der Waals surface area contributed by atoms with Gasteiger partial charge in [0.1, 0.15) is 6.61 Å². The number of nitrogens with two attached hydrogens (primary N) is 1. The lowest BCUT2D eigenvalue weighted by Gasteiger charge is -2.15. The molecule has 0 aliphatic carbocycles. The molecular weight excluding hydrogens is 268 g/mol. The molecule has 2 aromatic rings. The van der Waals surface area contributed by atoms with Gasteiger partial charge in [-0.2, -0.15) is 0 Å². The van der Waals surface area contributed by atoms with Gasteiger partial charge in [-0.1, -0.05) is 26.0 Å². The molecule has 0 spiro atoms. The van der Waals surface area contributed by atoms with Gasteiger partial charge in [0.25, 0.3) is 5.56 Å². The normalized spacial score (nSPS) is 10.7. The van der Waals surface area contributed by atoms with Gasteiger partial charge in [0.2, 0.25) is 5.75 Å². The van der Waals surface area contributed by atoms with E-state index in [0.29, 0.717) is 23.1 Å². The minimum atomic E-state index is -0.346. The van der Waals surface area contributed by atoms with E-state index in [-0.39, 0.29) is 23.7 Å². The van der Waals surface area contributed by atoms with Crippen LogP contribution in [0, 0.1) is 0 Å². The van der Waals surface area contributed by atoms with Crippen LogP contribution in [0.1, 0.15) is 19.8 Å². The Labute approximate surface area is 123 Å². The summed E-state index contributed by atoms with van der Waals surface area (Å²) in [5.41, 5.74) is 6.62. The second-order valence-electron chi connectivity index (χ2n) is 4.86. The van der Waals surface area contributed by atoms with Crippen molar-refractivity contribution in [2.45, 2.75) is 26.3 Å². The van der Waals surface area contributed by atoms with Gasteiger partial charge in [0.15, 0.2) is 5.75 Å². The smallest absolute Gasteiger partial charge is 0.297 e. The van der Waals surface area contributed by atoms with Crippen molar-refractivity contribution in [3.05, 3.63) is 41.2 Å². The number of hydrogen-bond donors (Lipinski definition) is 2. The highest BCUT2D eigenvalue weighted by Crippen LogP contribution is 2.32. The van der Waals surface area contributed by atoms with Gasteiger partial charge in [-0.15, -0.1) is 0 Å². The van der Waals surface area contributed by atoms with Crippen LogP contribution in [0.3, 0.4) is 0 Å². The molecule has 1 aromatic carbocycles. The van der Waals surface area contributed by atoms with Crippen LogP contribution in [0.5, 0.6) is 11.5 Å². The van der Waals surface area contributed by atoms with E-state index in [4.69, 9.17) is 10.5 Å². The lowest BCUT2D eigenvalue weighted by Crippen LogP contribution is -2.23. The van der Waals surface area contributed by atoms with Crippen LogP contribution in [0.25, 0.3) is 10.9 Å². The lowest BCUT2D eigenvalue weighted by atomic mass is 10.1. The summed E-state index contributed by atoms with van der Waals surface area (Å²) in [6.07, 6.45) is 3.35. The fraction of sp³-hybridized carbons (Fsp3) is 0.312. The standard InChI is InChI=1S/C16H20N2O3/c1-3-5-8-18-13-10-11(17)6-7-12(13)14(19)15(16(18)20)21-9-4-2/h4,6-7,10,19H,2-3,5,8-9,17H2,1H3. The molecule has 0 saturated carbocycles. The van der Waals surface area contributed by atoms with Gasteiger partial charge in [-0.25, -0.2) is 0 Å². The summed E-state index contributed by atoms with van der Waals surface area (Å²) in [6, 6.07) is 5.08. The number of fused-ring (bicyclic) bond motifs is 1. The Morgan fingerprint density at radius 3 is 2.90 bits per heavy atom. The van der Waals surface area contributed by atoms with E-state index >= 15 is 0 Å². The number of unbranched alkanes of at least 4 members (excludes halogenated alkanes) is 1. The zero-order valence-electron chi connectivity index (χ0n) is 12.1. The Bertz CT molecular complexity index is 720. The summed E-state index contributed by atoms with van der Waals surface area (Å²) in [7, 11) is 0. The van der Waals surface area contributed by atoms with Crippen LogP contribution in [0.2, 0.25) is 0 Å². The molecule has 1 heterocycles. The number of aryl methyl sites for hydroxylation is 1. The van der Waals surface area contributed by atoms with Crippen LogP contribution in [0.15, 0.2) is 35.6 Å². The van der Waals surface area contributed by atoms with E-state index in [1.54, 1.807) is 22.8 Å². The topological polar surface area (TPSA) is 77.5 Å². The Morgan fingerprint density at radius 2 is 2.24 bits per heavy atom. The maximum Gasteiger partial charge on any atom is 0.297 e. The fourth-order valence-electron chi connectivity index (χ4n) is 2.24. The van der Waals surface area contributed by atoms with E-state index in [2.05, 4.69) is 13.5 Å². The Balaban J connectivity index is 2.72. The number of aromatic hydroxyl groups is 1. The molecule has 5 nitrogen and oxygen atoms in total. The zero-order valence-corrected chi connectivity index (χ0v) is 12.1. The molecule has 2 rings (SSSR count). The first-order chi connectivity index (χ1) is 10.1. The molecule has 0 radical (unpaired) electrons. The first-order valence-corrected chi connectivity index (χ1v) is 6.98. The van der Waals surface area contributed by atoms with E-state index in [0.717, 1.165) is 12.8 Å². The van der Waals surface area contributed by atoms with Gasteiger partial charge in [0.05, 0.1) is 5.52 Å². The Hall–Kier alpha value is -2.43. The van der Waals surface area contributed by atoms with Crippen LogP contribution in [-0.2, 0) is 6.54 Å². The third kappa shape index (κ3) is 2.86. The third-order valence-electron chi connectivity index (χ3n) is 3.30. The van der Waals surface area contributed by atoms with E-state index in [1.807, 2.05) is 0 Å². The number of benzene rings is 1. The molecule has 1 aromatic heterocycles. The Morgan fingerprint density at radius 1 is 1.48 bits per heavy atom. The number of nitrogen functional groups attached to an aromatic ring is 1. The monoisotopic (exact) mass is 288 g/mol. The molecule has 0 saturated heterocycles. The van der Waals surface area contributed by atoms with Crippen molar-refractivity contribution in [2.75, 3.05) is 12.3 Å². The van der Waals surface area contributed by atoms with E-state index in [9.17, 15) is 9.90 Å². The van der Waals surface area contributed by atoms with Crippen molar-refractivity contribution in [1.82, 2.24) is 4.57 Å². The predicted molar refractivity (Wildman–Crippen MR) is 84.9 cm³/mol. The largest absolute Gasteiger partial charge is 0.504 e. The second-order valence-corrected chi connectivity index (χ2v) is 4.86. The predicted octanol–water partition coefficient (Wildman–Crippen LogP) is 2.65.